The normalized spacial score (nSPS) is 17.0. The van der Waals surface area contributed by atoms with Gasteiger partial charge in [-0.15, -0.1) is 0 Å². The fourth-order valence-corrected chi connectivity index (χ4v) is 3.77. The van der Waals surface area contributed by atoms with Gasteiger partial charge in [0.25, 0.3) is 5.91 Å². The van der Waals surface area contributed by atoms with Crippen LogP contribution < -0.4 is 21.1 Å². The van der Waals surface area contributed by atoms with Crippen LogP contribution in [0.3, 0.4) is 0 Å². The first-order chi connectivity index (χ1) is 13.8. The predicted octanol–water partition coefficient (Wildman–Crippen LogP) is 3.50. The molecule has 1 aliphatic rings. The van der Waals surface area contributed by atoms with E-state index in [0.717, 1.165) is 25.1 Å². The van der Waals surface area contributed by atoms with Crippen molar-refractivity contribution in [2.24, 2.45) is 5.73 Å². The maximum Gasteiger partial charge on any atom is 0.254 e. The number of amides is 1. The summed E-state index contributed by atoms with van der Waals surface area (Å²) in [5.41, 5.74) is 5.35. The van der Waals surface area contributed by atoms with Crippen molar-refractivity contribution >= 4 is 45.7 Å². The quantitative estimate of drug-likeness (QED) is 0.491. The zero-order valence-corrected chi connectivity index (χ0v) is 17.8. The first kappa shape index (κ1) is 21.4. The molecule has 0 aliphatic carbocycles. The first-order valence-corrected chi connectivity index (χ1v) is 10.1. The second-order valence-electron chi connectivity index (χ2n) is 6.79. The highest BCUT2D eigenvalue weighted by Gasteiger charge is 2.31. The van der Waals surface area contributed by atoms with Gasteiger partial charge in [-0.3, -0.25) is 9.59 Å². The van der Waals surface area contributed by atoms with Gasteiger partial charge in [0.05, 0.1) is 17.4 Å². The third-order valence-corrected chi connectivity index (χ3v) is 5.30. The van der Waals surface area contributed by atoms with E-state index < -0.39 is 23.6 Å². The van der Waals surface area contributed by atoms with Gasteiger partial charge < -0.3 is 21.1 Å². The average Bonchev–Trinajstić information content (AvgIpc) is 3.15. The van der Waals surface area contributed by atoms with Gasteiger partial charge in [0.15, 0.2) is 11.9 Å². The molecule has 0 bridgehead atoms. The van der Waals surface area contributed by atoms with E-state index in [2.05, 4.69) is 10.6 Å². The molecule has 6 nitrogen and oxygen atoms in total. The van der Waals surface area contributed by atoms with Gasteiger partial charge in [-0.05, 0) is 73.2 Å². The van der Waals surface area contributed by atoms with Crippen LogP contribution in [0.5, 0.6) is 5.75 Å². The van der Waals surface area contributed by atoms with Gasteiger partial charge in [-0.25, -0.2) is 8.78 Å². The monoisotopic (exact) mass is 515 g/mol. The molecule has 0 saturated carbocycles. The number of anilines is 2. The van der Waals surface area contributed by atoms with Gasteiger partial charge in [-0.1, -0.05) is 0 Å². The molecule has 3 rings (SSSR count). The molecule has 1 aliphatic heterocycles. The molecule has 154 valence electrons. The number of nitrogens with one attached hydrogen (secondary N) is 2. The molecule has 2 atom stereocenters. The number of nitrogens with two attached hydrogens (primary N) is 1. The molecular formula is C20H20F2IN3O3. The third-order valence-electron chi connectivity index (χ3n) is 4.63. The summed E-state index contributed by atoms with van der Waals surface area (Å²) in [7, 11) is 0. The SMILES string of the molecule is CC(=O)[C@H](Oc1cc(F)cc(Nc2ccc(I)cc2F)c1C(N)=O)C1CCCN1. The minimum atomic E-state index is -0.903. The van der Waals surface area contributed by atoms with E-state index in [-0.39, 0.29) is 34.5 Å². The Labute approximate surface area is 180 Å². The molecule has 1 heterocycles. The van der Waals surface area contributed by atoms with Crippen molar-refractivity contribution in [1.29, 1.82) is 0 Å². The standard InChI is InChI=1S/C20H20F2IN3O3/c1-10(27)19(15-3-2-6-25-15)29-17-8-11(21)7-16(18(17)20(24)28)26-14-5-4-12(23)9-13(14)22/h4-5,7-9,15,19,25-26H,2-3,6H2,1H3,(H2,24,28)/t15?,19-/m0/s1. The Morgan fingerprint density at radius 3 is 2.62 bits per heavy atom. The molecular weight excluding hydrogens is 495 g/mol. The number of carbonyl (C=O) groups excluding carboxylic acids is 2. The van der Waals surface area contributed by atoms with Crippen LogP contribution in [0.2, 0.25) is 0 Å². The van der Waals surface area contributed by atoms with E-state index in [0.29, 0.717) is 9.99 Å². The van der Waals surface area contributed by atoms with Crippen molar-refractivity contribution in [3.63, 3.8) is 0 Å². The van der Waals surface area contributed by atoms with Crippen molar-refractivity contribution in [1.82, 2.24) is 5.32 Å². The fourth-order valence-electron chi connectivity index (χ4n) is 3.32. The summed E-state index contributed by atoms with van der Waals surface area (Å²) >= 11 is 1.96. The number of Topliss-reactive ketones (excluding diaryl/α,β-unsaturated/α-hetero) is 1. The molecule has 1 saturated heterocycles. The second kappa shape index (κ2) is 9.04. The van der Waals surface area contributed by atoms with Gasteiger partial charge in [0.2, 0.25) is 0 Å². The highest BCUT2D eigenvalue weighted by atomic mass is 127. The van der Waals surface area contributed by atoms with E-state index in [4.69, 9.17) is 10.5 Å². The van der Waals surface area contributed by atoms with Gasteiger partial charge in [0, 0.05) is 9.64 Å². The van der Waals surface area contributed by atoms with Crippen molar-refractivity contribution in [2.45, 2.75) is 31.9 Å². The van der Waals surface area contributed by atoms with Crippen LogP contribution in [-0.4, -0.2) is 30.4 Å². The lowest BCUT2D eigenvalue weighted by Gasteiger charge is -2.24. The summed E-state index contributed by atoms with van der Waals surface area (Å²) in [5.74, 6) is -2.62. The number of carbonyl (C=O) groups is 2. The van der Waals surface area contributed by atoms with Crippen LogP contribution in [-0.2, 0) is 4.79 Å². The maximum atomic E-state index is 14.3. The number of halogens is 3. The molecule has 29 heavy (non-hydrogen) atoms. The smallest absolute Gasteiger partial charge is 0.254 e. The molecule has 9 heteroatoms. The van der Waals surface area contributed by atoms with Crippen LogP contribution >= 0.6 is 22.6 Å². The molecule has 0 spiro atoms. The summed E-state index contributed by atoms with van der Waals surface area (Å²) in [6, 6.07) is 6.20. The first-order valence-electron chi connectivity index (χ1n) is 9.02. The van der Waals surface area contributed by atoms with E-state index in [1.54, 1.807) is 6.07 Å². The predicted molar refractivity (Wildman–Crippen MR) is 113 cm³/mol. The van der Waals surface area contributed by atoms with Crippen LogP contribution in [0.15, 0.2) is 30.3 Å². The number of hydrogen-bond acceptors (Lipinski definition) is 5. The highest BCUT2D eigenvalue weighted by Crippen LogP contribution is 2.33. The summed E-state index contributed by atoms with van der Waals surface area (Å²) in [6.07, 6.45) is 0.688. The Morgan fingerprint density at radius 2 is 2.03 bits per heavy atom. The number of ketones is 1. The van der Waals surface area contributed by atoms with Gasteiger partial charge in [-0.2, -0.15) is 0 Å². The lowest BCUT2D eigenvalue weighted by atomic mass is 10.0. The number of hydrogen-bond donors (Lipinski definition) is 3. The number of ether oxygens (including phenoxy) is 1. The Kier molecular flexibility index (Phi) is 6.68. The van der Waals surface area contributed by atoms with Crippen molar-refractivity contribution in [3.8, 4) is 5.75 Å². The average molecular weight is 515 g/mol. The third kappa shape index (κ3) is 5.02. The van der Waals surface area contributed by atoms with Crippen molar-refractivity contribution < 1.29 is 23.1 Å². The lowest BCUT2D eigenvalue weighted by Crippen LogP contribution is -2.43. The summed E-state index contributed by atoms with van der Waals surface area (Å²) < 4.78 is 35.0. The number of primary amides is 1. The Bertz CT molecular complexity index is 949. The molecule has 1 amide bonds. The molecule has 0 radical (unpaired) electrons. The summed E-state index contributed by atoms with van der Waals surface area (Å²) in [4.78, 5) is 24.3. The Hall–Kier alpha value is -2.27. The largest absolute Gasteiger partial charge is 0.480 e. The lowest BCUT2D eigenvalue weighted by molar-refractivity contribution is -0.124. The maximum absolute atomic E-state index is 14.3. The zero-order valence-electron chi connectivity index (χ0n) is 15.6. The molecule has 2 aromatic rings. The Morgan fingerprint density at radius 1 is 1.28 bits per heavy atom. The van der Waals surface area contributed by atoms with E-state index in [9.17, 15) is 18.4 Å². The molecule has 4 N–H and O–H groups in total. The highest BCUT2D eigenvalue weighted by molar-refractivity contribution is 14.1. The van der Waals surface area contributed by atoms with Gasteiger partial charge in [0.1, 0.15) is 22.9 Å². The van der Waals surface area contributed by atoms with Crippen molar-refractivity contribution in [2.75, 3.05) is 11.9 Å². The second-order valence-corrected chi connectivity index (χ2v) is 8.04. The van der Waals surface area contributed by atoms with E-state index >= 15 is 0 Å². The van der Waals surface area contributed by atoms with Crippen LogP contribution in [0.25, 0.3) is 0 Å². The topological polar surface area (TPSA) is 93.4 Å². The molecule has 0 aromatic heterocycles. The van der Waals surface area contributed by atoms with E-state index in [1.807, 2.05) is 22.6 Å². The van der Waals surface area contributed by atoms with Crippen LogP contribution in [0.1, 0.15) is 30.1 Å². The van der Waals surface area contributed by atoms with Crippen molar-refractivity contribution in [3.05, 3.63) is 51.1 Å². The van der Waals surface area contributed by atoms with Gasteiger partial charge >= 0.3 is 0 Å². The zero-order chi connectivity index (χ0) is 21.1. The minimum Gasteiger partial charge on any atom is -0.480 e. The number of rotatable bonds is 7. The molecule has 2 aromatic carbocycles. The fraction of sp³-hybridized carbons (Fsp3) is 0.300. The summed E-state index contributed by atoms with van der Waals surface area (Å²) in [6.45, 7) is 2.11. The minimum absolute atomic E-state index is 0.0463. The number of benzene rings is 2. The van der Waals surface area contributed by atoms with E-state index in [1.165, 1.54) is 19.1 Å². The van der Waals surface area contributed by atoms with Crippen LogP contribution in [0.4, 0.5) is 20.2 Å². The van der Waals surface area contributed by atoms with Crippen LogP contribution in [0, 0.1) is 15.2 Å². The Balaban J connectivity index is 2.01. The summed E-state index contributed by atoms with van der Waals surface area (Å²) in [5, 5.41) is 5.87. The molecule has 1 unspecified atom stereocenters. The molecule has 1 fully saturated rings.